The van der Waals surface area contributed by atoms with Crippen LogP contribution in [0.4, 0.5) is 0 Å². The second-order valence-corrected chi connectivity index (χ2v) is 6.62. The average molecular weight is 255 g/mol. The summed E-state index contributed by atoms with van der Waals surface area (Å²) in [6.07, 6.45) is 5.40. The van der Waals surface area contributed by atoms with E-state index in [0.29, 0.717) is 6.04 Å². The van der Waals surface area contributed by atoms with E-state index in [4.69, 9.17) is 0 Å². The lowest BCUT2D eigenvalue weighted by Crippen LogP contribution is -2.31. The van der Waals surface area contributed by atoms with Crippen LogP contribution in [-0.4, -0.2) is 24.6 Å². The highest BCUT2D eigenvalue weighted by Crippen LogP contribution is 2.27. The molecule has 1 aliphatic rings. The molecule has 0 radical (unpaired) electrons. The summed E-state index contributed by atoms with van der Waals surface area (Å²) >= 11 is 3.93. The summed E-state index contributed by atoms with van der Waals surface area (Å²) in [5.41, 5.74) is 1.49. The van der Waals surface area contributed by atoms with E-state index in [-0.39, 0.29) is 0 Å². The summed E-state index contributed by atoms with van der Waals surface area (Å²) in [7, 11) is 2.11. The minimum absolute atomic E-state index is 0.669. The molecule has 0 amide bonds. The van der Waals surface area contributed by atoms with Gasteiger partial charge in [-0.2, -0.15) is 23.1 Å². The highest BCUT2D eigenvalue weighted by Gasteiger charge is 2.18. The van der Waals surface area contributed by atoms with Gasteiger partial charge in [0.25, 0.3) is 0 Å². The van der Waals surface area contributed by atoms with Crippen molar-refractivity contribution in [3.8, 4) is 0 Å². The normalized spacial score (nSPS) is 19.8. The minimum Gasteiger partial charge on any atom is -0.317 e. The predicted molar refractivity (Wildman–Crippen MR) is 75.5 cm³/mol. The van der Waals surface area contributed by atoms with Crippen molar-refractivity contribution in [2.24, 2.45) is 5.92 Å². The maximum absolute atomic E-state index is 3.49. The van der Waals surface area contributed by atoms with Crippen LogP contribution >= 0.6 is 23.1 Å². The third kappa shape index (κ3) is 3.79. The van der Waals surface area contributed by atoms with E-state index in [9.17, 15) is 0 Å². The lowest BCUT2D eigenvalue weighted by Gasteiger charge is -2.26. The van der Waals surface area contributed by atoms with Crippen molar-refractivity contribution < 1.29 is 0 Å². The molecule has 16 heavy (non-hydrogen) atoms. The molecule has 2 rings (SSSR count). The number of thioether (sulfide) groups is 1. The molecule has 90 valence electrons. The van der Waals surface area contributed by atoms with Crippen molar-refractivity contribution in [3.63, 3.8) is 0 Å². The van der Waals surface area contributed by atoms with Crippen LogP contribution in [0.15, 0.2) is 16.8 Å². The van der Waals surface area contributed by atoms with Gasteiger partial charge in [0.2, 0.25) is 0 Å². The SMILES string of the molecule is CNC(Cc1ccsc1)CC1CCSCC1. The topological polar surface area (TPSA) is 12.0 Å². The van der Waals surface area contributed by atoms with Crippen LogP contribution in [0.3, 0.4) is 0 Å². The highest BCUT2D eigenvalue weighted by atomic mass is 32.2. The van der Waals surface area contributed by atoms with Gasteiger partial charge in [-0.1, -0.05) is 0 Å². The summed E-state index contributed by atoms with van der Waals surface area (Å²) in [4.78, 5) is 0. The molecule has 0 aromatic carbocycles. The Hall–Kier alpha value is 0.01000. The highest BCUT2D eigenvalue weighted by molar-refractivity contribution is 7.99. The van der Waals surface area contributed by atoms with E-state index < -0.39 is 0 Å². The molecule has 1 aromatic heterocycles. The molecule has 1 aromatic rings. The van der Waals surface area contributed by atoms with Gasteiger partial charge >= 0.3 is 0 Å². The summed E-state index contributed by atoms with van der Waals surface area (Å²) in [6, 6.07) is 2.92. The zero-order valence-electron chi connectivity index (χ0n) is 9.95. The second kappa shape index (κ2) is 6.67. The van der Waals surface area contributed by atoms with Crippen molar-refractivity contribution >= 4 is 23.1 Å². The fourth-order valence-corrected chi connectivity index (χ4v) is 4.27. The number of rotatable bonds is 5. The molecule has 1 N–H and O–H groups in total. The van der Waals surface area contributed by atoms with Crippen LogP contribution in [0.25, 0.3) is 0 Å². The van der Waals surface area contributed by atoms with E-state index >= 15 is 0 Å². The minimum atomic E-state index is 0.669. The molecule has 1 fully saturated rings. The van der Waals surface area contributed by atoms with Gasteiger partial charge in [-0.15, -0.1) is 0 Å². The first-order valence-electron chi connectivity index (χ1n) is 6.14. The standard InChI is InChI=1S/C13H21NS2/c1-14-13(9-12-4-7-16-10-12)8-11-2-5-15-6-3-11/h4,7,10-11,13-14H,2-3,5-6,8-9H2,1H3. The Labute approximate surface area is 107 Å². The van der Waals surface area contributed by atoms with E-state index in [1.54, 1.807) is 0 Å². The lowest BCUT2D eigenvalue weighted by atomic mass is 9.92. The van der Waals surface area contributed by atoms with Crippen molar-refractivity contribution in [2.45, 2.75) is 31.7 Å². The Balaban J connectivity index is 1.80. The Morgan fingerprint density at radius 2 is 2.25 bits per heavy atom. The van der Waals surface area contributed by atoms with Gasteiger partial charge < -0.3 is 5.32 Å². The Bertz CT molecular complexity index is 278. The molecule has 0 aliphatic carbocycles. The quantitative estimate of drug-likeness (QED) is 0.865. The molecule has 3 heteroatoms. The first-order chi connectivity index (χ1) is 7.88. The number of nitrogens with one attached hydrogen (secondary N) is 1. The molecule has 2 heterocycles. The molecule has 1 saturated heterocycles. The van der Waals surface area contributed by atoms with E-state index in [1.165, 1.54) is 42.8 Å². The monoisotopic (exact) mass is 255 g/mol. The van der Waals surface area contributed by atoms with Gasteiger partial charge in [0, 0.05) is 6.04 Å². The molecule has 1 atom stereocenters. The summed E-state index contributed by atoms with van der Waals surface area (Å²) in [5, 5.41) is 7.94. The first-order valence-corrected chi connectivity index (χ1v) is 8.24. The molecule has 1 nitrogen and oxygen atoms in total. The Morgan fingerprint density at radius 1 is 1.44 bits per heavy atom. The Kier molecular flexibility index (Phi) is 5.20. The first kappa shape index (κ1) is 12.5. The maximum atomic E-state index is 3.49. The average Bonchev–Trinajstić information content (AvgIpc) is 2.82. The number of hydrogen-bond acceptors (Lipinski definition) is 3. The van der Waals surface area contributed by atoms with Crippen molar-refractivity contribution in [1.29, 1.82) is 0 Å². The van der Waals surface area contributed by atoms with Gasteiger partial charge in [0.05, 0.1) is 0 Å². The molecule has 0 bridgehead atoms. The molecule has 0 spiro atoms. The summed E-state index contributed by atoms with van der Waals surface area (Å²) < 4.78 is 0. The van der Waals surface area contributed by atoms with Crippen LogP contribution in [-0.2, 0) is 6.42 Å². The Morgan fingerprint density at radius 3 is 2.88 bits per heavy atom. The van der Waals surface area contributed by atoms with Crippen LogP contribution in [0.1, 0.15) is 24.8 Å². The zero-order chi connectivity index (χ0) is 11.2. The third-order valence-corrected chi connectivity index (χ3v) is 5.21. The molecular formula is C13H21NS2. The predicted octanol–water partition coefficient (Wildman–Crippen LogP) is 3.41. The second-order valence-electron chi connectivity index (χ2n) is 4.61. The van der Waals surface area contributed by atoms with E-state index in [1.807, 2.05) is 11.3 Å². The van der Waals surface area contributed by atoms with Crippen molar-refractivity contribution in [2.75, 3.05) is 18.6 Å². The number of hydrogen-bond donors (Lipinski definition) is 1. The lowest BCUT2D eigenvalue weighted by molar-refractivity contribution is 0.376. The van der Waals surface area contributed by atoms with E-state index in [0.717, 1.165) is 5.92 Å². The smallest absolute Gasteiger partial charge is 0.0107 e. The van der Waals surface area contributed by atoms with Gasteiger partial charge in [-0.25, -0.2) is 0 Å². The van der Waals surface area contributed by atoms with Gasteiger partial charge in [-0.3, -0.25) is 0 Å². The number of thiophene rings is 1. The van der Waals surface area contributed by atoms with Crippen LogP contribution in [0.5, 0.6) is 0 Å². The molecule has 1 unspecified atom stereocenters. The molecule has 1 aliphatic heterocycles. The maximum Gasteiger partial charge on any atom is 0.0107 e. The third-order valence-electron chi connectivity index (χ3n) is 3.43. The van der Waals surface area contributed by atoms with Crippen molar-refractivity contribution in [1.82, 2.24) is 5.32 Å². The van der Waals surface area contributed by atoms with Crippen LogP contribution in [0.2, 0.25) is 0 Å². The summed E-state index contributed by atoms with van der Waals surface area (Å²) in [5.74, 6) is 3.70. The van der Waals surface area contributed by atoms with Gasteiger partial charge in [0.1, 0.15) is 0 Å². The fraction of sp³-hybridized carbons (Fsp3) is 0.692. The largest absolute Gasteiger partial charge is 0.317 e. The number of likely N-dealkylation sites (N-methyl/N-ethyl adjacent to an activating group) is 1. The fourth-order valence-electron chi connectivity index (χ4n) is 2.38. The zero-order valence-corrected chi connectivity index (χ0v) is 11.6. The van der Waals surface area contributed by atoms with Crippen LogP contribution in [0, 0.1) is 5.92 Å². The molecule has 0 saturated carbocycles. The molecular weight excluding hydrogens is 234 g/mol. The van der Waals surface area contributed by atoms with Gasteiger partial charge in [0.15, 0.2) is 0 Å². The summed E-state index contributed by atoms with van der Waals surface area (Å²) in [6.45, 7) is 0. The van der Waals surface area contributed by atoms with Crippen LogP contribution < -0.4 is 5.32 Å². The van der Waals surface area contributed by atoms with Crippen molar-refractivity contribution in [3.05, 3.63) is 22.4 Å². The van der Waals surface area contributed by atoms with E-state index in [2.05, 4.69) is 41.0 Å². The van der Waals surface area contributed by atoms with Gasteiger partial charge in [-0.05, 0) is 72.5 Å².